The van der Waals surface area contributed by atoms with Gasteiger partial charge in [0.2, 0.25) is 0 Å². The maximum atomic E-state index is 13.0. The van der Waals surface area contributed by atoms with E-state index < -0.39 is 0 Å². The molecule has 6 heteroatoms. The number of nitrogens with zero attached hydrogens (tertiary/aromatic N) is 2. The molecule has 1 aromatic carbocycles. The minimum absolute atomic E-state index is 0.0646. The summed E-state index contributed by atoms with van der Waals surface area (Å²) in [5, 5.41) is 1.06. The molecule has 5 rings (SSSR count). The first-order chi connectivity index (χ1) is 13.2. The lowest BCUT2D eigenvalue weighted by molar-refractivity contribution is -0.0522. The highest BCUT2D eigenvalue weighted by Crippen LogP contribution is 2.27. The minimum atomic E-state index is 0.0646. The molecule has 0 unspecified atom stereocenters. The lowest BCUT2D eigenvalue weighted by atomic mass is 10.1. The average molecular weight is 365 g/mol. The van der Waals surface area contributed by atoms with Gasteiger partial charge in [-0.05, 0) is 43.3 Å². The quantitative estimate of drug-likeness (QED) is 0.775. The van der Waals surface area contributed by atoms with Crippen LogP contribution < -0.4 is 0 Å². The molecule has 2 fully saturated rings. The van der Waals surface area contributed by atoms with Crippen molar-refractivity contribution in [1.82, 2.24) is 14.8 Å². The highest BCUT2D eigenvalue weighted by atomic mass is 16.5. The van der Waals surface area contributed by atoms with Crippen molar-refractivity contribution in [2.45, 2.75) is 25.6 Å². The maximum Gasteiger partial charge on any atom is 0.254 e. The van der Waals surface area contributed by atoms with Crippen LogP contribution in [0.4, 0.5) is 0 Å². The van der Waals surface area contributed by atoms with E-state index in [2.05, 4.69) is 9.88 Å². The standard InChI is InChI=1S/C21H23N3O3/c1-14-2-4-17(27-14)11-23-8-9-26-20-13-24(12-19(20)23)21(25)16-3-5-18-15(10-16)6-7-22-18/h2-7,10,19-20,22H,8-9,11-13H2,1H3/t19-,20+/m1/s1. The lowest BCUT2D eigenvalue weighted by Gasteiger charge is -2.36. The second kappa shape index (κ2) is 6.55. The smallest absolute Gasteiger partial charge is 0.254 e. The third-order valence-corrected chi connectivity index (χ3v) is 5.66. The summed E-state index contributed by atoms with van der Waals surface area (Å²) in [5.41, 5.74) is 1.78. The number of amides is 1. The number of rotatable bonds is 3. The van der Waals surface area contributed by atoms with Crippen LogP contribution in [-0.4, -0.2) is 59.1 Å². The van der Waals surface area contributed by atoms with Crippen molar-refractivity contribution in [2.24, 2.45) is 0 Å². The summed E-state index contributed by atoms with van der Waals surface area (Å²) in [5.74, 6) is 1.97. The largest absolute Gasteiger partial charge is 0.465 e. The molecule has 0 aliphatic carbocycles. The lowest BCUT2D eigenvalue weighted by Crippen LogP contribution is -2.50. The summed E-state index contributed by atoms with van der Waals surface area (Å²) < 4.78 is 11.7. The second-order valence-electron chi connectivity index (χ2n) is 7.45. The number of likely N-dealkylation sites (tertiary alicyclic amines) is 1. The Kier molecular flexibility index (Phi) is 4.02. The second-order valence-corrected chi connectivity index (χ2v) is 7.45. The highest BCUT2D eigenvalue weighted by Gasteiger charge is 2.42. The Hall–Kier alpha value is -2.57. The summed E-state index contributed by atoms with van der Waals surface area (Å²) in [6.45, 7) is 5.60. The minimum Gasteiger partial charge on any atom is -0.465 e. The van der Waals surface area contributed by atoms with Gasteiger partial charge in [-0.2, -0.15) is 0 Å². The molecule has 140 valence electrons. The van der Waals surface area contributed by atoms with Crippen molar-refractivity contribution in [3.05, 3.63) is 59.7 Å². The monoisotopic (exact) mass is 365 g/mol. The van der Waals surface area contributed by atoms with Crippen LogP contribution in [0.5, 0.6) is 0 Å². The number of hydrogen-bond acceptors (Lipinski definition) is 4. The topological polar surface area (TPSA) is 61.7 Å². The van der Waals surface area contributed by atoms with Crippen molar-refractivity contribution >= 4 is 16.8 Å². The first kappa shape index (κ1) is 16.6. The number of aromatic nitrogens is 1. The van der Waals surface area contributed by atoms with Gasteiger partial charge in [-0.1, -0.05) is 0 Å². The number of fused-ring (bicyclic) bond motifs is 2. The molecule has 3 aromatic rings. The summed E-state index contributed by atoms with van der Waals surface area (Å²) in [7, 11) is 0. The van der Waals surface area contributed by atoms with E-state index in [4.69, 9.17) is 9.15 Å². The van der Waals surface area contributed by atoms with E-state index in [1.807, 2.05) is 54.4 Å². The molecule has 0 saturated carbocycles. The fraction of sp³-hybridized carbons (Fsp3) is 0.381. The van der Waals surface area contributed by atoms with Crippen LogP contribution in [0.15, 0.2) is 47.0 Å². The molecule has 0 bridgehead atoms. The van der Waals surface area contributed by atoms with Crippen LogP contribution in [0, 0.1) is 6.92 Å². The molecule has 4 heterocycles. The van der Waals surface area contributed by atoms with Gasteiger partial charge >= 0.3 is 0 Å². The molecule has 2 aliphatic rings. The van der Waals surface area contributed by atoms with E-state index in [1.165, 1.54) is 0 Å². The number of nitrogens with one attached hydrogen (secondary N) is 1. The normalized spacial score (nSPS) is 23.1. The molecule has 2 aliphatic heterocycles. The number of morpholine rings is 1. The SMILES string of the molecule is Cc1ccc(CN2CCO[C@H]3CN(C(=O)c4ccc5[nH]ccc5c4)C[C@H]32)o1. The van der Waals surface area contributed by atoms with E-state index >= 15 is 0 Å². The van der Waals surface area contributed by atoms with E-state index in [0.717, 1.165) is 41.1 Å². The van der Waals surface area contributed by atoms with Gasteiger partial charge in [0.15, 0.2) is 0 Å². The molecule has 6 nitrogen and oxygen atoms in total. The molecule has 27 heavy (non-hydrogen) atoms. The number of furan rings is 1. The number of aromatic amines is 1. The zero-order valence-electron chi connectivity index (χ0n) is 15.4. The van der Waals surface area contributed by atoms with E-state index in [-0.39, 0.29) is 18.1 Å². The summed E-state index contributed by atoms with van der Waals surface area (Å²) in [6, 6.07) is 12.1. The molecule has 1 amide bonds. The first-order valence-electron chi connectivity index (χ1n) is 9.45. The maximum absolute atomic E-state index is 13.0. The summed E-state index contributed by atoms with van der Waals surface area (Å²) >= 11 is 0. The van der Waals surface area contributed by atoms with Crippen LogP contribution in [-0.2, 0) is 11.3 Å². The molecule has 2 aromatic heterocycles. The molecule has 0 spiro atoms. The Morgan fingerprint density at radius 3 is 3.00 bits per heavy atom. The van der Waals surface area contributed by atoms with E-state index in [1.54, 1.807) is 0 Å². The van der Waals surface area contributed by atoms with Crippen molar-refractivity contribution in [2.75, 3.05) is 26.2 Å². The number of carbonyl (C=O) groups excluding carboxylic acids is 1. The fourth-order valence-corrected chi connectivity index (χ4v) is 4.26. The Morgan fingerprint density at radius 1 is 1.22 bits per heavy atom. The van der Waals surface area contributed by atoms with Gasteiger partial charge in [-0.25, -0.2) is 0 Å². The highest BCUT2D eigenvalue weighted by molar-refractivity contribution is 5.98. The average Bonchev–Trinajstić information content (AvgIpc) is 3.39. The van der Waals surface area contributed by atoms with Gasteiger partial charge in [0.25, 0.3) is 5.91 Å². The van der Waals surface area contributed by atoms with Crippen LogP contribution in [0.3, 0.4) is 0 Å². The van der Waals surface area contributed by atoms with Crippen molar-refractivity contribution in [3.8, 4) is 0 Å². The Balaban J connectivity index is 1.33. The Bertz CT molecular complexity index is 976. The zero-order valence-corrected chi connectivity index (χ0v) is 15.4. The van der Waals surface area contributed by atoms with Crippen molar-refractivity contribution < 1.29 is 13.9 Å². The van der Waals surface area contributed by atoms with Gasteiger partial charge in [0.05, 0.1) is 25.3 Å². The van der Waals surface area contributed by atoms with Gasteiger partial charge in [-0.15, -0.1) is 0 Å². The van der Waals surface area contributed by atoms with Gasteiger partial charge in [0.1, 0.15) is 11.5 Å². The number of hydrogen-bond donors (Lipinski definition) is 1. The van der Waals surface area contributed by atoms with Gasteiger partial charge < -0.3 is 19.0 Å². The third-order valence-electron chi connectivity index (χ3n) is 5.66. The number of ether oxygens (including phenoxy) is 1. The number of H-pyrrole nitrogens is 1. The fourth-order valence-electron chi connectivity index (χ4n) is 4.26. The van der Waals surface area contributed by atoms with Crippen LogP contribution >= 0.6 is 0 Å². The predicted octanol–water partition coefficient (Wildman–Crippen LogP) is 2.79. The number of benzene rings is 1. The number of carbonyl (C=O) groups is 1. The van der Waals surface area contributed by atoms with Crippen molar-refractivity contribution in [1.29, 1.82) is 0 Å². The van der Waals surface area contributed by atoms with Crippen molar-refractivity contribution in [3.63, 3.8) is 0 Å². The Morgan fingerprint density at radius 2 is 2.15 bits per heavy atom. The van der Waals surface area contributed by atoms with Gasteiger partial charge in [0, 0.05) is 42.3 Å². The van der Waals surface area contributed by atoms with Crippen LogP contribution in [0.2, 0.25) is 0 Å². The van der Waals surface area contributed by atoms with Gasteiger partial charge in [-0.3, -0.25) is 9.69 Å². The van der Waals surface area contributed by atoms with Crippen LogP contribution in [0.25, 0.3) is 10.9 Å². The third kappa shape index (κ3) is 3.05. The molecule has 2 saturated heterocycles. The molecule has 0 radical (unpaired) electrons. The molecule has 2 atom stereocenters. The molecule has 1 N–H and O–H groups in total. The summed E-state index contributed by atoms with van der Waals surface area (Å²) in [4.78, 5) is 20.5. The Labute approximate surface area is 157 Å². The number of aryl methyl sites for hydroxylation is 1. The first-order valence-corrected chi connectivity index (χ1v) is 9.45. The zero-order chi connectivity index (χ0) is 18.4. The summed E-state index contributed by atoms with van der Waals surface area (Å²) in [6.07, 6.45) is 1.96. The predicted molar refractivity (Wildman–Crippen MR) is 102 cm³/mol. The molecular weight excluding hydrogens is 342 g/mol. The van der Waals surface area contributed by atoms with E-state index in [0.29, 0.717) is 19.7 Å². The van der Waals surface area contributed by atoms with Crippen LogP contribution in [0.1, 0.15) is 21.9 Å². The van der Waals surface area contributed by atoms with E-state index in [9.17, 15) is 4.79 Å². The molecular formula is C21H23N3O3.